The summed E-state index contributed by atoms with van der Waals surface area (Å²) in [4.78, 5) is 41.3. The Bertz CT molecular complexity index is 948. The molecule has 0 saturated heterocycles. The standard InChI is InChI=1S/C22H23N3O4S/c1-24(22(28)19-9-5-11-30-19)14-20(26)25-10-4-7-16(13-25)23-21(27)18-12-15-6-2-3-8-17(15)29-18/h2-9,11,16,18H,10,12-14H2,1H3,(H,23,27). The number of fused-ring (bicyclic) bond motifs is 1. The van der Waals surface area contributed by atoms with E-state index in [1.165, 1.54) is 16.2 Å². The zero-order valence-electron chi connectivity index (χ0n) is 16.6. The van der Waals surface area contributed by atoms with Crippen molar-refractivity contribution >= 4 is 29.1 Å². The molecule has 0 fully saturated rings. The van der Waals surface area contributed by atoms with Gasteiger partial charge in [-0.2, -0.15) is 0 Å². The van der Waals surface area contributed by atoms with Gasteiger partial charge in [-0.3, -0.25) is 14.4 Å². The maximum atomic E-state index is 12.7. The summed E-state index contributed by atoms with van der Waals surface area (Å²) in [6.45, 7) is 0.811. The van der Waals surface area contributed by atoms with Crippen molar-refractivity contribution in [3.8, 4) is 5.75 Å². The molecule has 30 heavy (non-hydrogen) atoms. The van der Waals surface area contributed by atoms with E-state index in [0.717, 1.165) is 11.3 Å². The number of benzene rings is 1. The van der Waals surface area contributed by atoms with Crippen LogP contribution in [0.25, 0.3) is 0 Å². The van der Waals surface area contributed by atoms with Crippen LogP contribution in [-0.4, -0.2) is 66.3 Å². The van der Waals surface area contributed by atoms with Crippen LogP contribution in [0.2, 0.25) is 0 Å². The van der Waals surface area contributed by atoms with Gasteiger partial charge in [-0.15, -0.1) is 11.3 Å². The van der Waals surface area contributed by atoms with Crippen molar-refractivity contribution in [2.45, 2.75) is 18.6 Å². The van der Waals surface area contributed by atoms with E-state index in [2.05, 4.69) is 5.32 Å². The largest absolute Gasteiger partial charge is 0.480 e. The van der Waals surface area contributed by atoms with E-state index in [1.807, 2.05) is 47.9 Å². The quantitative estimate of drug-likeness (QED) is 0.740. The molecule has 1 aromatic heterocycles. The van der Waals surface area contributed by atoms with Crippen LogP contribution >= 0.6 is 11.3 Å². The summed E-state index contributed by atoms with van der Waals surface area (Å²) in [5.74, 6) is 0.219. The summed E-state index contributed by atoms with van der Waals surface area (Å²) in [5, 5.41) is 4.79. The Morgan fingerprint density at radius 1 is 1.23 bits per heavy atom. The first kappa shape index (κ1) is 20.2. The Balaban J connectivity index is 1.29. The molecular weight excluding hydrogens is 402 g/mol. The predicted octanol–water partition coefficient (Wildman–Crippen LogP) is 1.71. The Morgan fingerprint density at radius 2 is 2.07 bits per heavy atom. The molecule has 7 nitrogen and oxygen atoms in total. The van der Waals surface area contributed by atoms with Gasteiger partial charge in [-0.05, 0) is 23.1 Å². The number of likely N-dealkylation sites (N-methyl/N-ethyl adjacent to an activating group) is 1. The second-order valence-corrected chi connectivity index (χ2v) is 8.35. The highest BCUT2D eigenvalue weighted by molar-refractivity contribution is 7.12. The van der Waals surface area contributed by atoms with Crippen LogP contribution in [0.15, 0.2) is 53.9 Å². The van der Waals surface area contributed by atoms with Crippen molar-refractivity contribution in [3.05, 3.63) is 64.4 Å². The third kappa shape index (κ3) is 4.38. The lowest BCUT2D eigenvalue weighted by molar-refractivity contribution is -0.133. The van der Waals surface area contributed by atoms with Crippen LogP contribution in [0.1, 0.15) is 15.2 Å². The average Bonchev–Trinajstić information content (AvgIpc) is 3.43. The zero-order chi connectivity index (χ0) is 21.1. The van der Waals surface area contributed by atoms with E-state index in [4.69, 9.17) is 4.74 Å². The van der Waals surface area contributed by atoms with Crippen LogP contribution in [0.3, 0.4) is 0 Å². The molecule has 2 aromatic rings. The van der Waals surface area contributed by atoms with E-state index in [9.17, 15) is 14.4 Å². The third-order valence-corrected chi connectivity index (χ3v) is 6.04. The van der Waals surface area contributed by atoms with E-state index in [0.29, 0.717) is 24.4 Å². The Kier molecular flexibility index (Phi) is 5.85. The molecule has 2 atom stereocenters. The molecular formula is C22H23N3O4S. The van der Waals surface area contributed by atoms with Gasteiger partial charge in [0, 0.05) is 26.6 Å². The van der Waals surface area contributed by atoms with Crippen molar-refractivity contribution in [2.24, 2.45) is 0 Å². The van der Waals surface area contributed by atoms with E-state index in [1.54, 1.807) is 18.0 Å². The molecule has 0 radical (unpaired) electrons. The fraction of sp³-hybridized carbons (Fsp3) is 0.318. The van der Waals surface area contributed by atoms with Gasteiger partial charge in [0.05, 0.1) is 17.5 Å². The number of carbonyl (C=O) groups is 3. The minimum atomic E-state index is -0.559. The van der Waals surface area contributed by atoms with Crippen molar-refractivity contribution in [2.75, 3.05) is 26.7 Å². The maximum Gasteiger partial charge on any atom is 0.264 e. The van der Waals surface area contributed by atoms with E-state index < -0.39 is 6.10 Å². The van der Waals surface area contributed by atoms with Crippen molar-refractivity contribution < 1.29 is 19.1 Å². The molecule has 0 aliphatic carbocycles. The Hall–Kier alpha value is -3.13. The number of rotatable bonds is 5. The number of amides is 3. The number of nitrogens with one attached hydrogen (secondary N) is 1. The molecule has 4 rings (SSSR count). The molecule has 0 saturated carbocycles. The number of nitrogens with zero attached hydrogens (tertiary/aromatic N) is 2. The lowest BCUT2D eigenvalue weighted by atomic mass is 10.1. The number of carbonyl (C=O) groups excluding carboxylic acids is 3. The molecule has 156 valence electrons. The van der Waals surface area contributed by atoms with Gasteiger partial charge >= 0.3 is 0 Å². The lowest BCUT2D eigenvalue weighted by Crippen LogP contribution is -2.52. The molecule has 2 aliphatic heterocycles. The number of hydrogen-bond donors (Lipinski definition) is 1. The molecule has 2 unspecified atom stereocenters. The molecule has 3 heterocycles. The SMILES string of the molecule is CN(CC(=O)N1CC=CC(NC(=O)C2Cc3ccccc3O2)C1)C(=O)c1cccs1. The molecule has 3 amide bonds. The average molecular weight is 426 g/mol. The van der Waals surface area contributed by atoms with Gasteiger partial charge in [0.1, 0.15) is 5.75 Å². The number of para-hydroxylation sites is 1. The van der Waals surface area contributed by atoms with Crippen LogP contribution in [0.5, 0.6) is 5.75 Å². The predicted molar refractivity (Wildman–Crippen MR) is 113 cm³/mol. The summed E-state index contributed by atoms with van der Waals surface area (Å²) < 4.78 is 5.74. The summed E-state index contributed by atoms with van der Waals surface area (Å²) in [5.41, 5.74) is 1.02. The third-order valence-electron chi connectivity index (χ3n) is 5.18. The number of thiophene rings is 1. The van der Waals surface area contributed by atoms with Crippen molar-refractivity contribution in [3.63, 3.8) is 0 Å². The van der Waals surface area contributed by atoms with Crippen LogP contribution in [0.4, 0.5) is 0 Å². The van der Waals surface area contributed by atoms with Crippen LogP contribution < -0.4 is 10.1 Å². The topological polar surface area (TPSA) is 79.0 Å². The van der Waals surface area contributed by atoms with E-state index in [-0.39, 0.29) is 30.3 Å². The van der Waals surface area contributed by atoms with Gasteiger partial charge in [-0.25, -0.2) is 0 Å². The first-order valence-electron chi connectivity index (χ1n) is 9.79. The highest BCUT2D eigenvalue weighted by Crippen LogP contribution is 2.28. The van der Waals surface area contributed by atoms with Crippen LogP contribution in [-0.2, 0) is 16.0 Å². The fourth-order valence-corrected chi connectivity index (χ4v) is 4.31. The first-order valence-corrected chi connectivity index (χ1v) is 10.7. The smallest absolute Gasteiger partial charge is 0.264 e. The monoisotopic (exact) mass is 425 g/mol. The second kappa shape index (κ2) is 8.71. The molecule has 2 aliphatic rings. The fourth-order valence-electron chi connectivity index (χ4n) is 3.59. The Morgan fingerprint density at radius 3 is 2.83 bits per heavy atom. The molecule has 0 spiro atoms. The normalized spacial score (nSPS) is 19.7. The van der Waals surface area contributed by atoms with Crippen LogP contribution in [0, 0.1) is 0 Å². The molecule has 8 heteroatoms. The summed E-state index contributed by atoms with van der Waals surface area (Å²) >= 11 is 1.35. The number of hydrogen-bond acceptors (Lipinski definition) is 5. The second-order valence-electron chi connectivity index (χ2n) is 7.40. The van der Waals surface area contributed by atoms with Gasteiger partial charge in [0.2, 0.25) is 5.91 Å². The van der Waals surface area contributed by atoms with Gasteiger partial charge in [-0.1, -0.05) is 36.4 Å². The summed E-state index contributed by atoms with van der Waals surface area (Å²) in [7, 11) is 1.62. The first-order chi connectivity index (χ1) is 14.5. The minimum absolute atomic E-state index is 0.00765. The van der Waals surface area contributed by atoms with Gasteiger partial charge in [0.15, 0.2) is 6.10 Å². The van der Waals surface area contributed by atoms with Gasteiger partial charge < -0.3 is 19.9 Å². The minimum Gasteiger partial charge on any atom is -0.480 e. The van der Waals surface area contributed by atoms with Crippen molar-refractivity contribution in [1.29, 1.82) is 0 Å². The summed E-state index contributed by atoms with van der Waals surface area (Å²) in [6.07, 6.45) is 3.73. The zero-order valence-corrected chi connectivity index (χ0v) is 17.4. The number of ether oxygens (including phenoxy) is 1. The van der Waals surface area contributed by atoms with Crippen molar-refractivity contribution in [1.82, 2.24) is 15.1 Å². The van der Waals surface area contributed by atoms with E-state index >= 15 is 0 Å². The summed E-state index contributed by atoms with van der Waals surface area (Å²) in [6, 6.07) is 10.9. The highest BCUT2D eigenvalue weighted by Gasteiger charge is 2.31. The highest BCUT2D eigenvalue weighted by atomic mass is 32.1. The molecule has 0 bridgehead atoms. The molecule has 1 aromatic carbocycles. The van der Waals surface area contributed by atoms with Gasteiger partial charge in [0.25, 0.3) is 11.8 Å². The molecule has 1 N–H and O–H groups in total. The lowest BCUT2D eigenvalue weighted by Gasteiger charge is -2.31. The Labute approximate surface area is 178 Å². The maximum absolute atomic E-state index is 12.7.